The Morgan fingerprint density at radius 1 is 1.21 bits per heavy atom. The molecule has 38 heavy (non-hydrogen) atoms. The number of para-hydroxylation sites is 1. The van der Waals surface area contributed by atoms with Crippen LogP contribution >= 0.6 is 11.6 Å². The lowest BCUT2D eigenvalue weighted by Crippen LogP contribution is -2.54. The Labute approximate surface area is 227 Å². The van der Waals surface area contributed by atoms with Crippen LogP contribution in [0, 0.1) is 0 Å². The van der Waals surface area contributed by atoms with E-state index in [0.29, 0.717) is 46.6 Å². The van der Waals surface area contributed by atoms with Gasteiger partial charge in [-0.25, -0.2) is 0 Å². The maximum Gasteiger partial charge on any atom is 0.255 e. The van der Waals surface area contributed by atoms with Crippen molar-refractivity contribution in [3.05, 3.63) is 52.9 Å². The second kappa shape index (κ2) is 10.5. The number of aromatic amines is 1. The van der Waals surface area contributed by atoms with Crippen LogP contribution in [0.15, 0.2) is 36.7 Å². The highest BCUT2D eigenvalue weighted by atomic mass is 35.5. The van der Waals surface area contributed by atoms with Crippen LogP contribution in [0.2, 0.25) is 5.02 Å². The van der Waals surface area contributed by atoms with E-state index in [2.05, 4.69) is 25.9 Å². The molecule has 0 saturated carbocycles. The summed E-state index contributed by atoms with van der Waals surface area (Å²) in [7, 11) is 3.23. The third kappa shape index (κ3) is 4.81. The summed E-state index contributed by atoms with van der Waals surface area (Å²) in [6.45, 7) is 6.52. The first-order chi connectivity index (χ1) is 18.3. The highest BCUT2D eigenvalue weighted by Gasteiger charge is 2.44. The van der Waals surface area contributed by atoms with E-state index in [9.17, 15) is 4.79 Å². The molecule has 9 nitrogen and oxygen atoms in total. The molecule has 0 bridgehead atoms. The van der Waals surface area contributed by atoms with Crippen molar-refractivity contribution in [2.75, 3.05) is 45.8 Å². The van der Waals surface area contributed by atoms with Gasteiger partial charge in [0, 0.05) is 43.1 Å². The highest BCUT2D eigenvalue weighted by molar-refractivity contribution is 6.32. The number of piperidine rings is 1. The number of H-pyrrole nitrogens is 1. The van der Waals surface area contributed by atoms with E-state index in [1.54, 1.807) is 32.7 Å². The molecule has 1 spiro atoms. The zero-order valence-corrected chi connectivity index (χ0v) is 22.9. The normalized spacial score (nSPS) is 19.1. The number of nitrogens with zero attached hydrogens (tertiary/aromatic N) is 1. The van der Waals surface area contributed by atoms with Gasteiger partial charge in [-0.05, 0) is 51.4 Å². The van der Waals surface area contributed by atoms with Gasteiger partial charge in [-0.2, -0.15) is 0 Å². The number of methoxy groups -OCH3 is 2. The van der Waals surface area contributed by atoms with Crippen LogP contribution < -0.4 is 25.4 Å². The Morgan fingerprint density at radius 2 is 2.05 bits per heavy atom. The minimum Gasteiger partial charge on any atom is -0.493 e. The Kier molecular flexibility index (Phi) is 7.26. The number of nitrogens with one attached hydrogen (secondary N) is 4. The van der Waals surface area contributed by atoms with Crippen LogP contribution in [0.3, 0.4) is 0 Å². The summed E-state index contributed by atoms with van der Waals surface area (Å²) in [6, 6.07) is 7.36. The predicted octanol–water partition coefficient (Wildman–Crippen LogP) is 4.65. The van der Waals surface area contributed by atoms with Crippen LogP contribution in [0.25, 0.3) is 11.3 Å². The molecule has 0 aliphatic carbocycles. The second-order valence-corrected chi connectivity index (χ2v) is 10.8. The molecule has 5 rings (SSSR count). The molecule has 2 aliphatic rings. The van der Waals surface area contributed by atoms with E-state index in [4.69, 9.17) is 25.8 Å². The van der Waals surface area contributed by atoms with Gasteiger partial charge in [0.25, 0.3) is 5.91 Å². The van der Waals surface area contributed by atoms with E-state index in [0.717, 1.165) is 42.9 Å². The van der Waals surface area contributed by atoms with Crippen molar-refractivity contribution in [2.24, 2.45) is 0 Å². The molecule has 0 radical (unpaired) electrons. The standard InChI is InChI=1S/C28H34ClN5O4/c1-27(2,37-4)16-38-20-13-30-12-9-17(20)22-23(33-19-8-5-7-18(29)24(19)36-3)21-25(34-22)28(15-32-26(21)35)10-6-11-31-14-28/h5,7-9,12-13,31,33-34H,6,10-11,14-16H2,1-4H3,(H,32,35)/t28-/m1/s1. The number of anilines is 2. The van der Waals surface area contributed by atoms with Gasteiger partial charge in [0.2, 0.25) is 0 Å². The molecular formula is C28H34ClN5O4. The zero-order valence-electron chi connectivity index (χ0n) is 22.2. The van der Waals surface area contributed by atoms with Crippen molar-refractivity contribution in [1.29, 1.82) is 0 Å². The van der Waals surface area contributed by atoms with E-state index >= 15 is 0 Å². The van der Waals surface area contributed by atoms with E-state index < -0.39 is 5.60 Å². The van der Waals surface area contributed by atoms with E-state index in [1.165, 1.54) is 0 Å². The van der Waals surface area contributed by atoms with Crippen molar-refractivity contribution in [2.45, 2.75) is 37.7 Å². The van der Waals surface area contributed by atoms with Crippen molar-refractivity contribution in [3.8, 4) is 22.8 Å². The summed E-state index contributed by atoms with van der Waals surface area (Å²) in [5.74, 6) is 0.932. The Balaban J connectivity index is 1.69. The number of aromatic nitrogens is 2. The fraction of sp³-hybridized carbons (Fsp3) is 0.429. The molecule has 2 aromatic heterocycles. The van der Waals surface area contributed by atoms with Crippen molar-refractivity contribution < 1.29 is 19.0 Å². The minimum absolute atomic E-state index is 0.140. The zero-order chi connectivity index (χ0) is 26.9. The maximum absolute atomic E-state index is 13.5. The first-order valence-corrected chi connectivity index (χ1v) is 13.1. The lowest BCUT2D eigenvalue weighted by molar-refractivity contribution is -0.0146. The number of fused-ring (bicyclic) bond motifs is 2. The molecule has 10 heteroatoms. The number of benzene rings is 1. The summed E-state index contributed by atoms with van der Waals surface area (Å²) in [5.41, 5.74) is 3.53. The molecule has 4 N–H and O–H groups in total. The fourth-order valence-corrected chi connectivity index (χ4v) is 5.42. The molecular weight excluding hydrogens is 506 g/mol. The number of hydrogen-bond acceptors (Lipinski definition) is 7. The van der Waals surface area contributed by atoms with E-state index in [1.807, 2.05) is 32.0 Å². The predicted molar refractivity (Wildman–Crippen MR) is 148 cm³/mol. The number of pyridine rings is 1. The van der Waals surface area contributed by atoms with Crippen LogP contribution in [-0.2, 0) is 10.2 Å². The molecule has 4 heterocycles. The Hall–Kier alpha value is -3.27. The van der Waals surface area contributed by atoms with Crippen LogP contribution in [0.1, 0.15) is 42.7 Å². The van der Waals surface area contributed by atoms with Crippen molar-refractivity contribution in [1.82, 2.24) is 20.6 Å². The summed E-state index contributed by atoms with van der Waals surface area (Å²) >= 11 is 6.44. The fourth-order valence-electron chi connectivity index (χ4n) is 5.17. The first-order valence-electron chi connectivity index (χ1n) is 12.8. The summed E-state index contributed by atoms with van der Waals surface area (Å²) in [6.07, 6.45) is 5.37. The van der Waals surface area contributed by atoms with Crippen molar-refractivity contribution >= 4 is 28.9 Å². The lowest BCUT2D eigenvalue weighted by atomic mass is 9.74. The third-order valence-electron chi connectivity index (χ3n) is 7.43. The van der Waals surface area contributed by atoms with Gasteiger partial charge in [0.15, 0.2) is 5.75 Å². The molecule has 3 aromatic rings. The highest BCUT2D eigenvalue weighted by Crippen LogP contribution is 2.47. The van der Waals surface area contributed by atoms with Gasteiger partial charge in [0.05, 0.1) is 46.6 Å². The molecule has 1 fully saturated rings. The summed E-state index contributed by atoms with van der Waals surface area (Å²) in [5, 5.41) is 10.6. The van der Waals surface area contributed by atoms with E-state index in [-0.39, 0.29) is 11.3 Å². The smallest absolute Gasteiger partial charge is 0.255 e. The van der Waals surface area contributed by atoms with Crippen LogP contribution in [0.4, 0.5) is 11.4 Å². The van der Waals surface area contributed by atoms with Crippen molar-refractivity contribution in [3.63, 3.8) is 0 Å². The molecule has 1 saturated heterocycles. The summed E-state index contributed by atoms with van der Waals surface area (Å²) in [4.78, 5) is 21.4. The maximum atomic E-state index is 13.5. The number of halogens is 1. The minimum atomic E-state index is -0.491. The van der Waals surface area contributed by atoms with Gasteiger partial charge in [-0.3, -0.25) is 9.78 Å². The number of carbonyl (C=O) groups excluding carboxylic acids is 1. The molecule has 2 aliphatic heterocycles. The topological polar surface area (TPSA) is 110 Å². The average molecular weight is 540 g/mol. The van der Waals surface area contributed by atoms with Crippen LogP contribution in [-0.4, -0.2) is 61.9 Å². The first kappa shape index (κ1) is 26.3. The van der Waals surface area contributed by atoms with Gasteiger partial charge < -0.3 is 35.1 Å². The number of carbonyl (C=O) groups is 1. The molecule has 202 valence electrons. The molecule has 1 amide bonds. The Bertz CT molecular complexity index is 1330. The van der Waals surface area contributed by atoms with Gasteiger partial charge >= 0.3 is 0 Å². The second-order valence-electron chi connectivity index (χ2n) is 10.4. The average Bonchev–Trinajstić information content (AvgIpc) is 3.31. The lowest BCUT2D eigenvalue weighted by Gasteiger charge is -2.40. The molecule has 1 atom stereocenters. The largest absolute Gasteiger partial charge is 0.493 e. The quantitative estimate of drug-likeness (QED) is 0.330. The number of rotatable bonds is 8. The number of ether oxygens (including phenoxy) is 3. The van der Waals surface area contributed by atoms with Gasteiger partial charge in [0.1, 0.15) is 12.4 Å². The summed E-state index contributed by atoms with van der Waals surface area (Å²) < 4.78 is 17.4. The monoisotopic (exact) mass is 539 g/mol. The number of amides is 1. The molecule has 0 unspecified atom stereocenters. The van der Waals surface area contributed by atoms with Crippen LogP contribution in [0.5, 0.6) is 11.5 Å². The van der Waals surface area contributed by atoms with Gasteiger partial charge in [-0.1, -0.05) is 17.7 Å². The van der Waals surface area contributed by atoms with Gasteiger partial charge in [-0.15, -0.1) is 0 Å². The molecule has 1 aromatic carbocycles. The Morgan fingerprint density at radius 3 is 2.79 bits per heavy atom. The number of hydrogen-bond donors (Lipinski definition) is 4. The third-order valence-corrected chi connectivity index (χ3v) is 7.73. The SMILES string of the molecule is COc1c(Cl)cccc1Nc1c(-c2ccncc2OCC(C)(C)OC)[nH]c2c1C(=O)NC[C@]21CCCNC1.